The minimum atomic E-state index is -4.28. The highest BCUT2D eigenvalue weighted by Gasteiger charge is 2.94. The number of aromatic nitrogens is 7. The van der Waals surface area contributed by atoms with E-state index in [-0.39, 0.29) is 30.8 Å². The predicted octanol–water partition coefficient (Wildman–Crippen LogP) is 6.48. The maximum atomic E-state index is 14.0. The molecular weight excluding hydrogens is 535 g/mol. The van der Waals surface area contributed by atoms with Crippen LogP contribution >= 0.6 is 0 Å². The molecule has 1 aliphatic heterocycles. The van der Waals surface area contributed by atoms with Gasteiger partial charge in [-0.1, -0.05) is 13.8 Å². The van der Waals surface area contributed by atoms with E-state index in [1.807, 2.05) is 37.8 Å². The number of halogens is 3. The number of aryl methyl sites for hydroxylation is 2. The molecule has 0 radical (unpaired) electrons. The fourth-order valence-electron chi connectivity index (χ4n) is 6.41. The molecule has 0 N–H and O–H groups in total. The molecule has 3 saturated carbocycles. The lowest BCUT2D eigenvalue weighted by Crippen LogP contribution is -2.21. The molecule has 4 fully saturated rings. The van der Waals surface area contributed by atoms with Crippen LogP contribution in [0.5, 0.6) is 0 Å². The number of alkyl halides is 3. The Balaban J connectivity index is 0.00000135. The Bertz CT molecular complexity index is 1640. The maximum Gasteiger partial charge on any atom is 0.395 e. The Hall–Kier alpha value is -3.41. The first-order valence-electron chi connectivity index (χ1n) is 14.4. The van der Waals surface area contributed by atoms with E-state index in [0.29, 0.717) is 65.2 Å². The van der Waals surface area contributed by atoms with Gasteiger partial charge in [-0.2, -0.15) is 18.3 Å². The van der Waals surface area contributed by atoms with Gasteiger partial charge in [0.05, 0.1) is 40.7 Å². The van der Waals surface area contributed by atoms with Crippen LogP contribution in [0.25, 0.3) is 22.5 Å². The Morgan fingerprint density at radius 1 is 1.02 bits per heavy atom. The van der Waals surface area contributed by atoms with Crippen molar-refractivity contribution in [3.63, 3.8) is 0 Å². The first kappa shape index (κ1) is 26.5. The van der Waals surface area contributed by atoms with Crippen molar-refractivity contribution in [3.8, 4) is 11.5 Å². The normalized spacial score (nSPS) is 28.7. The van der Waals surface area contributed by atoms with Crippen LogP contribution in [0.3, 0.4) is 0 Å². The summed E-state index contributed by atoms with van der Waals surface area (Å²) < 4.78 is 55.8. The molecule has 0 bridgehead atoms. The monoisotopic (exact) mass is 567 g/mol. The van der Waals surface area contributed by atoms with E-state index in [1.54, 1.807) is 13.0 Å². The van der Waals surface area contributed by atoms with Crippen molar-refractivity contribution in [2.45, 2.75) is 95.9 Å². The lowest BCUT2D eigenvalue weighted by molar-refractivity contribution is -0.167. The van der Waals surface area contributed by atoms with Crippen molar-refractivity contribution >= 4 is 11.0 Å². The zero-order valence-corrected chi connectivity index (χ0v) is 23.5. The van der Waals surface area contributed by atoms with Gasteiger partial charge in [-0.3, -0.25) is 4.68 Å². The average Bonchev–Trinajstić information content (AvgIpc) is 3.89. The predicted molar refractivity (Wildman–Crippen MR) is 142 cm³/mol. The number of pyridine rings is 1. The highest BCUT2D eigenvalue weighted by molar-refractivity contribution is 5.85. The summed E-state index contributed by atoms with van der Waals surface area (Å²) in [6.45, 7) is 8.01. The molecule has 4 aliphatic rings. The number of ether oxygens (including phenoxy) is 1. The molecule has 3 aliphatic carbocycles. The molecular formula is C29H32F3N7O2. The zero-order chi connectivity index (χ0) is 28.7. The molecule has 5 heterocycles. The van der Waals surface area contributed by atoms with Gasteiger partial charge in [0.1, 0.15) is 5.82 Å². The molecule has 216 valence electrons. The molecule has 4 aromatic heterocycles. The molecule has 0 amide bonds. The second kappa shape index (κ2) is 9.04. The van der Waals surface area contributed by atoms with Gasteiger partial charge in [0.15, 0.2) is 5.65 Å². The third-order valence-corrected chi connectivity index (χ3v) is 9.08. The summed E-state index contributed by atoms with van der Waals surface area (Å²) in [6.07, 6.45) is 3.18. The summed E-state index contributed by atoms with van der Waals surface area (Å²) in [7, 11) is 0. The molecule has 0 aromatic carbocycles. The lowest BCUT2D eigenvalue weighted by atomic mass is 9.91. The Kier molecular flexibility index (Phi) is 5.84. The van der Waals surface area contributed by atoms with Crippen LogP contribution in [0.15, 0.2) is 22.9 Å². The fraction of sp³-hybridized carbons (Fsp3) is 0.586. The van der Waals surface area contributed by atoms with Gasteiger partial charge in [-0.05, 0) is 51.5 Å². The molecule has 41 heavy (non-hydrogen) atoms. The summed E-state index contributed by atoms with van der Waals surface area (Å²) in [5.74, 6) is 1.15. The van der Waals surface area contributed by atoms with Gasteiger partial charge in [-0.15, -0.1) is 10.2 Å². The molecule has 8 rings (SSSR count). The second-order valence-electron chi connectivity index (χ2n) is 11.6. The lowest BCUT2D eigenvalue weighted by Gasteiger charge is -2.28. The van der Waals surface area contributed by atoms with Crippen LogP contribution in [0, 0.1) is 19.3 Å². The SMILES string of the molecule is CC.Cc1nnc(-c2cc3c(C45CC4(C(F)(F)F)C5)nc(C4CCOC(c5cnn(C6CC6)c5)C4)nc3nc2C)o1. The smallest absolute Gasteiger partial charge is 0.395 e. The Labute approximate surface area is 234 Å². The molecule has 0 spiro atoms. The third kappa shape index (κ3) is 4.08. The van der Waals surface area contributed by atoms with Gasteiger partial charge >= 0.3 is 6.18 Å². The minimum Gasteiger partial charge on any atom is -0.421 e. The fourth-order valence-corrected chi connectivity index (χ4v) is 6.41. The summed E-state index contributed by atoms with van der Waals surface area (Å²) in [5, 5.41) is 13.0. The van der Waals surface area contributed by atoms with Gasteiger partial charge in [0.2, 0.25) is 11.8 Å². The van der Waals surface area contributed by atoms with Crippen molar-refractivity contribution < 1.29 is 22.3 Å². The summed E-state index contributed by atoms with van der Waals surface area (Å²) in [5.41, 5.74) is 0.340. The first-order valence-corrected chi connectivity index (χ1v) is 14.4. The standard InChI is InChI=1S/C27H26F3N7O2.C2H6/c1-13-18(24-36-35-14(2)39-24)8-19-21(25-11-26(25,12-25)27(28,29)30)33-22(34-23(19)32-13)15-5-6-38-20(7-15)16-9-31-37(10-16)17-3-4-17;1-2/h8-10,15,17,20H,3-7,11-12H2,1-2H3;1-2H3. The van der Waals surface area contributed by atoms with E-state index in [1.165, 1.54) is 0 Å². The van der Waals surface area contributed by atoms with Crippen LogP contribution in [0.1, 0.15) is 99.1 Å². The average molecular weight is 568 g/mol. The van der Waals surface area contributed by atoms with E-state index in [4.69, 9.17) is 24.1 Å². The minimum absolute atomic E-state index is 0.0503. The highest BCUT2D eigenvalue weighted by atomic mass is 19.4. The number of hydrogen-bond donors (Lipinski definition) is 0. The Morgan fingerprint density at radius 3 is 2.46 bits per heavy atom. The highest BCUT2D eigenvalue weighted by Crippen LogP contribution is 2.90. The van der Waals surface area contributed by atoms with E-state index in [9.17, 15) is 13.2 Å². The van der Waals surface area contributed by atoms with Crippen LogP contribution in [-0.4, -0.2) is 47.7 Å². The van der Waals surface area contributed by atoms with Gasteiger partial charge in [0.25, 0.3) is 0 Å². The topological polar surface area (TPSA) is 105 Å². The number of nitrogens with zero attached hydrogens (tertiary/aromatic N) is 7. The van der Waals surface area contributed by atoms with Crippen LogP contribution < -0.4 is 0 Å². The summed E-state index contributed by atoms with van der Waals surface area (Å²) in [6, 6.07) is 2.25. The van der Waals surface area contributed by atoms with Crippen molar-refractivity contribution in [1.82, 2.24) is 34.9 Å². The van der Waals surface area contributed by atoms with E-state index < -0.39 is 17.0 Å². The van der Waals surface area contributed by atoms with Crippen molar-refractivity contribution in [2.24, 2.45) is 5.41 Å². The molecule has 9 nitrogen and oxygen atoms in total. The summed E-state index contributed by atoms with van der Waals surface area (Å²) >= 11 is 0. The quantitative estimate of drug-likeness (QED) is 0.270. The number of fused-ring (bicyclic) bond motifs is 2. The van der Waals surface area contributed by atoms with E-state index in [2.05, 4.69) is 15.3 Å². The Morgan fingerprint density at radius 2 is 1.80 bits per heavy atom. The molecule has 1 saturated heterocycles. The van der Waals surface area contributed by atoms with E-state index >= 15 is 0 Å². The zero-order valence-electron chi connectivity index (χ0n) is 23.5. The van der Waals surface area contributed by atoms with Crippen LogP contribution in [0.4, 0.5) is 13.2 Å². The maximum absolute atomic E-state index is 14.0. The van der Waals surface area contributed by atoms with Crippen LogP contribution in [-0.2, 0) is 10.2 Å². The molecule has 2 unspecified atom stereocenters. The molecule has 2 atom stereocenters. The van der Waals surface area contributed by atoms with Crippen LogP contribution in [0.2, 0.25) is 0 Å². The molecule has 4 aromatic rings. The van der Waals surface area contributed by atoms with Crippen molar-refractivity contribution in [2.75, 3.05) is 6.61 Å². The van der Waals surface area contributed by atoms with Gasteiger partial charge in [-0.25, -0.2) is 15.0 Å². The van der Waals surface area contributed by atoms with Crippen molar-refractivity contribution in [1.29, 1.82) is 0 Å². The second-order valence-corrected chi connectivity index (χ2v) is 11.6. The van der Waals surface area contributed by atoms with Crippen molar-refractivity contribution in [3.05, 3.63) is 47.1 Å². The van der Waals surface area contributed by atoms with Gasteiger partial charge < -0.3 is 9.15 Å². The largest absolute Gasteiger partial charge is 0.421 e. The van der Waals surface area contributed by atoms with Gasteiger partial charge in [0, 0.05) is 42.0 Å². The molecule has 12 heteroatoms. The third-order valence-electron chi connectivity index (χ3n) is 9.08. The number of rotatable bonds is 5. The summed E-state index contributed by atoms with van der Waals surface area (Å²) in [4.78, 5) is 14.5. The number of hydrogen-bond acceptors (Lipinski definition) is 8. The van der Waals surface area contributed by atoms with E-state index in [0.717, 1.165) is 18.4 Å². The first-order chi connectivity index (χ1) is 19.7.